The molecule has 2 rings (SSSR count). The predicted octanol–water partition coefficient (Wildman–Crippen LogP) is 2.64. The van der Waals surface area contributed by atoms with Crippen molar-refractivity contribution >= 4 is 11.6 Å². The van der Waals surface area contributed by atoms with E-state index in [0.29, 0.717) is 6.54 Å². The Morgan fingerprint density at radius 2 is 2.06 bits per heavy atom. The molecule has 1 aromatic heterocycles. The molecule has 0 unspecified atom stereocenters. The van der Waals surface area contributed by atoms with Gasteiger partial charge in [-0.05, 0) is 56.6 Å². The molecule has 0 spiro atoms. The number of nitrogens with zero attached hydrogens (tertiary/aromatic N) is 2. The Labute approximate surface area is 106 Å². The van der Waals surface area contributed by atoms with Crippen LogP contribution in [0.3, 0.4) is 0 Å². The predicted molar refractivity (Wildman–Crippen MR) is 70.8 cm³/mol. The molecule has 0 fully saturated rings. The molecule has 1 aromatic carbocycles. The van der Waals surface area contributed by atoms with Gasteiger partial charge in [0.1, 0.15) is 0 Å². The topological polar surface area (TPSA) is 43.8 Å². The maximum atomic E-state index is 6.01. The molecule has 4 heteroatoms. The summed E-state index contributed by atoms with van der Waals surface area (Å²) in [5.41, 5.74) is 9.94. The molecule has 0 aliphatic carbocycles. The fourth-order valence-corrected chi connectivity index (χ4v) is 2.18. The summed E-state index contributed by atoms with van der Waals surface area (Å²) >= 11 is 6.01. The van der Waals surface area contributed by atoms with Crippen LogP contribution in [-0.2, 0) is 6.42 Å². The van der Waals surface area contributed by atoms with E-state index >= 15 is 0 Å². The highest BCUT2D eigenvalue weighted by Gasteiger charge is 2.09. The van der Waals surface area contributed by atoms with Crippen molar-refractivity contribution in [1.82, 2.24) is 9.78 Å². The number of aromatic nitrogens is 2. The van der Waals surface area contributed by atoms with Crippen LogP contribution in [0.2, 0.25) is 5.02 Å². The van der Waals surface area contributed by atoms with Crippen LogP contribution in [-0.4, -0.2) is 16.3 Å². The number of hydrogen-bond donors (Lipinski definition) is 1. The van der Waals surface area contributed by atoms with Gasteiger partial charge in [0.25, 0.3) is 0 Å². The van der Waals surface area contributed by atoms with Gasteiger partial charge in [0.15, 0.2) is 0 Å². The molecular formula is C13H16ClN3. The zero-order valence-electron chi connectivity index (χ0n) is 10.1. The maximum absolute atomic E-state index is 6.01. The van der Waals surface area contributed by atoms with Gasteiger partial charge in [0, 0.05) is 10.7 Å². The fourth-order valence-electron chi connectivity index (χ4n) is 1.99. The summed E-state index contributed by atoms with van der Waals surface area (Å²) in [5.74, 6) is 0. The molecule has 90 valence electrons. The average Bonchev–Trinajstić information content (AvgIpc) is 2.59. The van der Waals surface area contributed by atoms with E-state index in [1.165, 1.54) is 0 Å². The molecule has 1 heterocycles. The summed E-state index contributed by atoms with van der Waals surface area (Å²) in [6, 6.07) is 7.89. The summed E-state index contributed by atoms with van der Waals surface area (Å²) < 4.78 is 1.94. The lowest BCUT2D eigenvalue weighted by atomic mass is 10.1. The molecular weight excluding hydrogens is 234 g/mol. The molecule has 0 bridgehead atoms. The Kier molecular flexibility index (Phi) is 3.50. The number of hydrogen-bond acceptors (Lipinski definition) is 2. The van der Waals surface area contributed by atoms with Gasteiger partial charge in [0.05, 0.1) is 11.4 Å². The van der Waals surface area contributed by atoms with Crippen LogP contribution in [0.25, 0.3) is 5.69 Å². The monoisotopic (exact) mass is 249 g/mol. The van der Waals surface area contributed by atoms with Crippen molar-refractivity contribution in [1.29, 1.82) is 0 Å². The van der Waals surface area contributed by atoms with Crippen LogP contribution in [0.5, 0.6) is 0 Å². The molecule has 0 atom stereocenters. The molecule has 0 saturated heterocycles. The number of halogens is 1. The molecule has 0 saturated carbocycles. The summed E-state index contributed by atoms with van der Waals surface area (Å²) in [6.07, 6.45) is 0.800. The Balaban J connectivity index is 2.54. The third-order valence-corrected chi connectivity index (χ3v) is 2.93. The van der Waals surface area contributed by atoms with E-state index in [2.05, 4.69) is 11.2 Å². The van der Waals surface area contributed by atoms with Crippen LogP contribution >= 0.6 is 11.6 Å². The third kappa shape index (κ3) is 2.51. The second-order valence-corrected chi connectivity index (χ2v) is 4.59. The molecule has 3 nitrogen and oxygen atoms in total. The highest BCUT2D eigenvalue weighted by molar-refractivity contribution is 6.30. The second-order valence-electron chi connectivity index (χ2n) is 4.15. The first-order valence-electron chi connectivity index (χ1n) is 5.64. The minimum absolute atomic E-state index is 0.604. The zero-order chi connectivity index (χ0) is 12.4. The highest BCUT2D eigenvalue weighted by Crippen LogP contribution is 2.21. The molecule has 0 radical (unpaired) electrons. The summed E-state index contributed by atoms with van der Waals surface area (Å²) in [4.78, 5) is 0. The summed E-state index contributed by atoms with van der Waals surface area (Å²) in [6.45, 7) is 4.63. The molecule has 0 aliphatic rings. The van der Waals surface area contributed by atoms with Gasteiger partial charge in [-0.1, -0.05) is 11.6 Å². The van der Waals surface area contributed by atoms with Crippen molar-refractivity contribution < 1.29 is 0 Å². The van der Waals surface area contributed by atoms with Crippen molar-refractivity contribution in [3.05, 3.63) is 46.2 Å². The lowest BCUT2D eigenvalue weighted by Crippen LogP contribution is -2.08. The highest BCUT2D eigenvalue weighted by atomic mass is 35.5. The molecule has 17 heavy (non-hydrogen) atoms. The van der Waals surface area contributed by atoms with Crippen LogP contribution in [0.15, 0.2) is 24.3 Å². The summed E-state index contributed by atoms with van der Waals surface area (Å²) in [5, 5.41) is 5.22. The standard InChI is InChI=1S/C13H16ClN3/c1-9-7-10(2)17(16-9)13-4-3-12(14)8-11(13)5-6-15/h3-4,7-8H,5-6,15H2,1-2H3. The lowest BCUT2D eigenvalue weighted by Gasteiger charge is -2.11. The smallest absolute Gasteiger partial charge is 0.0682 e. The van der Waals surface area contributed by atoms with Crippen molar-refractivity contribution in [3.63, 3.8) is 0 Å². The van der Waals surface area contributed by atoms with Crippen molar-refractivity contribution in [2.45, 2.75) is 20.3 Å². The average molecular weight is 250 g/mol. The van der Waals surface area contributed by atoms with Gasteiger partial charge < -0.3 is 5.73 Å². The Morgan fingerprint density at radius 3 is 2.65 bits per heavy atom. The minimum atomic E-state index is 0.604. The SMILES string of the molecule is Cc1cc(C)n(-c2ccc(Cl)cc2CCN)n1. The number of benzene rings is 1. The van der Waals surface area contributed by atoms with Gasteiger partial charge in [-0.3, -0.25) is 0 Å². The van der Waals surface area contributed by atoms with E-state index < -0.39 is 0 Å². The quantitative estimate of drug-likeness (QED) is 0.909. The van der Waals surface area contributed by atoms with Crippen LogP contribution in [0, 0.1) is 13.8 Å². The fraction of sp³-hybridized carbons (Fsp3) is 0.308. The Morgan fingerprint density at radius 1 is 1.29 bits per heavy atom. The van der Waals surface area contributed by atoms with Crippen molar-refractivity contribution in [3.8, 4) is 5.69 Å². The van der Waals surface area contributed by atoms with Gasteiger partial charge in [-0.2, -0.15) is 5.10 Å². The molecule has 2 aromatic rings. The molecule has 0 amide bonds. The van der Waals surface area contributed by atoms with E-state index in [9.17, 15) is 0 Å². The first-order valence-corrected chi connectivity index (χ1v) is 6.01. The molecule has 0 aliphatic heterocycles. The minimum Gasteiger partial charge on any atom is -0.330 e. The van der Waals surface area contributed by atoms with Gasteiger partial charge in [0.2, 0.25) is 0 Å². The third-order valence-electron chi connectivity index (χ3n) is 2.69. The first kappa shape index (κ1) is 12.1. The van der Waals surface area contributed by atoms with Gasteiger partial charge in [-0.25, -0.2) is 4.68 Å². The largest absolute Gasteiger partial charge is 0.330 e. The number of nitrogens with two attached hydrogens (primary N) is 1. The van der Waals surface area contributed by atoms with Crippen LogP contribution in [0.1, 0.15) is 17.0 Å². The van der Waals surface area contributed by atoms with E-state index in [1.807, 2.05) is 36.7 Å². The lowest BCUT2D eigenvalue weighted by molar-refractivity contribution is 0.813. The van der Waals surface area contributed by atoms with E-state index in [-0.39, 0.29) is 0 Å². The zero-order valence-corrected chi connectivity index (χ0v) is 10.8. The van der Waals surface area contributed by atoms with Crippen LogP contribution < -0.4 is 5.73 Å². The van der Waals surface area contributed by atoms with Crippen LogP contribution in [0.4, 0.5) is 0 Å². The van der Waals surface area contributed by atoms with Gasteiger partial charge in [-0.15, -0.1) is 0 Å². The Hall–Kier alpha value is -1.32. The number of rotatable bonds is 3. The van der Waals surface area contributed by atoms with Gasteiger partial charge >= 0.3 is 0 Å². The van der Waals surface area contributed by atoms with E-state index in [4.69, 9.17) is 17.3 Å². The van der Waals surface area contributed by atoms with Crippen molar-refractivity contribution in [2.75, 3.05) is 6.54 Å². The maximum Gasteiger partial charge on any atom is 0.0682 e. The number of aryl methyl sites for hydroxylation is 2. The normalized spacial score (nSPS) is 10.8. The first-order chi connectivity index (χ1) is 8.11. The van der Waals surface area contributed by atoms with E-state index in [0.717, 1.165) is 34.1 Å². The van der Waals surface area contributed by atoms with E-state index in [1.54, 1.807) is 0 Å². The summed E-state index contributed by atoms with van der Waals surface area (Å²) in [7, 11) is 0. The van der Waals surface area contributed by atoms with Crippen molar-refractivity contribution in [2.24, 2.45) is 5.73 Å². The Bertz CT molecular complexity index is 531. The molecule has 2 N–H and O–H groups in total. The second kappa shape index (κ2) is 4.90.